The molecule has 22 heavy (non-hydrogen) atoms. The Hall–Kier alpha value is -2.38. The van der Waals surface area contributed by atoms with E-state index < -0.39 is 29.8 Å². The van der Waals surface area contributed by atoms with E-state index >= 15 is 0 Å². The van der Waals surface area contributed by atoms with Crippen LogP contribution in [0.3, 0.4) is 0 Å². The highest BCUT2D eigenvalue weighted by atomic mass is 19.4. The van der Waals surface area contributed by atoms with E-state index in [1.54, 1.807) is 18.2 Å². The fourth-order valence-electron chi connectivity index (χ4n) is 2.08. The number of rotatable bonds is 3. The van der Waals surface area contributed by atoms with Gasteiger partial charge in [-0.25, -0.2) is 4.79 Å². The second kappa shape index (κ2) is 5.78. The smallest absolute Gasteiger partial charge is 0.421 e. The molecule has 0 aliphatic carbocycles. The number of nitrogens with zero attached hydrogens (tertiary/aromatic N) is 2. The zero-order valence-corrected chi connectivity index (χ0v) is 11.8. The highest BCUT2D eigenvalue weighted by molar-refractivity contribution is 6.54. The molecule has 0 saturated heterocycles. The Labute approximate surface area is 124 Å². The van der Waals surface area contributed by atoms with Crippen LogP contribution in [0.15, 0.2) is 29.3 Å². The number of carbonyl (C=O) groups is 2. The molecule has 0 saturated carbocycles. The summed E-state index contributed by atoms with van der Waals surface area (Å²) in [6.07, 6.45) is -4.93. The Morgan fingerprint density at radius 1 is 1.36 bits per heavy atom. The maximum Gasteiger partial charge on any atom is 0.421 e. The third kappa shape index (κ3) is 2.81. The molecule has 8 heteroatoms. The van der Waals surface area contributed by atoms with Crippen molar-refractivity contribution in [3.8, 4) is 0 Å². The molecule has 1 aliphatic heterocycles. The Kier molecular flexibility index (Phi) is 4.20. The summed E-state index contributed by atoms with van der Waals surface area (Å²) >= 11 is 0. The van der Waals surface area contributed by atoms with Crippen molar-refractivity contribution in [2.75, 3.05) is 18.6 Å². The number of esters is 1. The molecule has 0 bridgehead atoms. The average Bonchev–Trinajstić information content (AvgIpc) is 2.68. The summed E-state index contributed by atoms with van der Waals surface area (Å²) in [5.41, 5.74) is 0.304. The molecule has 0 unspecified atom stereocenters. The van der Waals surface area contributed by atoms with Crippen molar-refractivity contribution in [2.45, 2.75) is 19.1 Å². The maximum absolute atomic E-state index is 13.0. The van der Waals surface area contributed by atoms with E-state index in [0.29, 0.717) is 5.69 Å². The number of likely N-dealkylation sites (N-methyl/N-ethyl adjacent to an activating group) is 1. The first-order valence-electron chi connectivity index (χ1n) is 6.46. The van der Waals surface area contributed by atoms with Crippen molar-refractivity contribution in [3.63, 3.8) is 0 Å². The van der Waals surface area contributed by atoms with Crippen LogP contribution in [-0.2, 0) is 14.3 Å². The third-order valence-electron chi connectivity index (χ3n) is 3.11. The normalized spacial score (nSPS) is 17.6. The fraction of sp³-hybridized carbons (Fsp3) is 0.357. The molecule has 0 N–H and O–H groups in total. The van der Waals surface area contributed by atoms with Gasteiger partial charge in [-0.2, -0.15) is 13.2 Å². The minimum atomic E-state index is -4.93. The van der Waals surface area contributed by atoms with Crippen LogP contribution in [0.2, 0.25) is 0 Å². The molecule has 5 nitrogen and oxygen atoms in total. The molecular weight excluding hydrogens is 301 g/mol. The third-order valence-corrected chi connectivity index (χ3v) is 3.11. The summed E-state index contributed by atoms with van der Waals surface area (Å²) in [6, 6.07) is 3.58. The topological polar surface area (TPSA) is 59.0 Å². The average molecular weight is 314 g/mol. The Balaban J connectivity index is 2.49. The second-order valence-electron chi connectivity index (χ2n) is 4.56. The maximum atomic E-state index is 13.0. The summed E-state index contributed by atoms with van der Waals surface area (Å²) in [7, 11) is 1.43. The molecule has 0 aromatic heterocycles. The zero-order valence-electron chi connectivity index (χ0n) is 11.8. The molecule has 1 heterocycles. The van der Waals surface area contributed by atoms with Gasteiger partial charge >= 0.3 is 12.1 Å². The molecular formula is C14H13F3N2O3. The lowest BCUT2D eigenvalue weighted by atomic mass is 10.1. The predicted octanol–water partition coefficient (Wildman–Crippen LogP) is 1.95. The van der Waals surface area contributed by atoms with Crippen LogP contribution in [-0.4, -0.2) is 43.5 Å². The lowest BCUT2D eigenvalue weighted by molar-refractivity contribution is -0.178. The van der Waals surface area contributed by atoms with Crippen molar-refractivity contribution in [3.05, 3.63) is 29.8 Å². The Morgan fingerprint density at radius 3 is 2.59 bits per heavy atom. The van der Waals surface area contributed by atoms with Gasteiger partial charge in [-0.15, -0.1) is 0 Å². The number of ether oxygens (including phenoxy) is 1. The highest BCUT2D eigenvalue weighted by Gasteiger charge is 2.47. The van der Waals surface area contributed by atoms with Crippen LogP contribution in [0.1, 0.15) is 12.5 Å². The lowest BCUT2D eigenvalue weighted by Crippen LogP contribution is -2.38. The van der Waals surface area contributed by atoms with E-state index in [1.165, 1.54) is 24.9 Å². The van der Waals surface area contributed by atoms with Gasteiger partial charge in [0.1, 0.15) is 5.71 Å². The molecule has 0 fully saturated rings. The van der Waals surface area contributed by atoms with E-state index in [9.17, 15) is 22.8 Å². The van der Waals surface area contributed by atoms with Gasteiger partial charge in [-0.1, -0.05) is 18.2 Å². The first-order valence-corrected chi connectivity index (χ1v) is 6.46. The van der Waals surface area contributed by atoms with Gasteiger partial charge in [0.2, 0.25) is 6.04 Å². The van der Waals surface area contributed by atoms with Crippen molar-refractivity contribution in [2.24, 2.45) is 4.99 Å². The van der Waals surface area contributed by atoms with Crippen LogP contribution in [0.4, 0.5) is 18.9 Å². The van der Waals surface area contributed by atoms with E-state index in [2.05, 4.69) is 9.73 Å². The monoisotopic (exact) mass is 314 g/mol. The molecule has 1 amide bonds. The van der Waals surface area contributed by atoms with E-state index in [0.717, 1.165) is 0 Å². The van der Waals surface area contributed by atoms with Gasteiger partial charge < -0.3 is 9.64 Å². The van der Waals surface area contributed by atoms with Crippen LogP contribution in [0, 0.1) is 0 Å². The minimum absolute atomic E-state index is 0.208. The summed E-state index contributed by atoms with van der Waals surface area (Å²) in [5, 5.41) is 0. The lowest BCUT2D eigenvalue weighted by Gasteiger charge is -2.15. The van der Waals surface area contributed by atoms with Crippen LogP contribution < -0.4 is 4.90 Å². The van der Waals surface area contributed by atoms with Crippen LogP contribution >= 0.6 is 0 Å². The molecule has 0 spiro atoms. The predicted molar refractivity (Wildman–Crippen MR) is 72.9 cm³/mol. The summed E-state index contributed by atoms with van der Waals surface area (Å²) < 4.78 is 43.4. The summed E-state index contributed by atoms with van der Waals surface area (Å²) in [4.78, 5) is 28.1. The quantitative estimate of drug-likeness (QED) is 0.801. The molecule has 2 rings (SSSR count). The number of anilines is 1. The van der Waals surface area contributed by atoms with Crippen molar-refractivity contribution < 1.29 is 27.5 Å². The Bertz CT molecular complexity index is 640. The number of amides is 1. The Morgan fingerprint density at radius 2 is 2.00 bits per heavy atom. The number of halogens is 3. The molecule has 1 aromatic carbocycles. The number of benzene rings is 1. The van der Waals surface area contributed by atoms with Gasteiger partial charge in [0.25, 0.3) is 5.91 Å². The largest absolute Gasteiger partial charge is 0.464 e. The zero-order chi connectivity index (χ0) is 16.5. The number of aliphatic imine (C=N–C) groups is 1. The van der Waals surface area contributed by atoms with E-state index in [1.807, 2.05) is 0 Å². The molecule has 118 valence electrons. The minimum Gasteiger partial charge on any atom is -0.464 e. The van der Waals surface area contributed by atoms with Gasteiger partial charge in [0.15, 0.2) is 0 Å². The van der Waals surface area contributed by atoms with Crippen molar-refractivity contribution >= 4 is 23.3 Å². The molecule has 1 atom stereocenters. The number of hydrogen-bond acceptors (Lipinski definition) is 4. The van der Waals surface area contributed by atoms with Gasteiger partial charge in [-0.05, 0) is 13.0 Å². The molecule has 1 aromatic rings. The van der Waals surface area contributed by atoms with Gasteiger partial charge in [0, 0.05) is 12.6 Å². The summed E-state index contributed by atoms with van der Waals surface area (Å²) in [6.45, 7) is 1.18. The highest BCUT2D eigenvalue weighted by Crippen LogP contribution is 2.30. The van der Waals surface area contributed by atoms with Crippen LogP contribution in [0.5, 0.6) is 0 Å². The van der Waals surface area contributed by atoms with Crippen molar-refractivity contribution in [1.29, 1.82) is 0 Å². The van der Waals surface area contributed by atoms with Gasteiger partial charge in [-0.3, -0.25) is 9.79 Å². The SMILES string of the molecule is CCOC(=O)[C@H](N=C1C(=O)N(C)c2ccccc21)C(F)(F)F. The van der Waals surface area contributed by atoms with E-state index in [4.69, 9.17) is 0 Å². The first kappa shape index (κ1) is 16.0. The molecule has 1 aliphatic rings. The number of hydrogen-bond donors (Lipinski definition) is 0. The number of carbonyl (C=O) groups excluding carboxylic acids is 2. The number of fused-ring (bicyclic) bond motifs is 1. The number of alkyl halides is 3. The fourth-order valence-corrected chi connectivity index (χ4v) is 2.08. The first-order chi connectivity index (χ1) is 10.3. The van der Waals surface area contributed by atoms with E-state index in [-0.39, 0.29) is 12.2 Å². The molecule has 0 radical (unpaired) electrons. The number of para-hydroxylation sites is 1. The van der Waals surface area contributed by atoms with Crippen molar-refractivity contribution in [1.82, 2.24) is 0 Å². The second-order valence-corrected chi connectivity index (χ2v) is 4.56. The summed E-state index contributed by atoms with van der Waals surface area (Å²) in [5.74, 6) is -2.22. The standard InChI is InChI=1S/C14H13F3N2O3/c1-3-22-13(21)11(14(15,16)17)18-10-8-6-4-5-7-9(8)19(2)12(10)20/h4-7,11H,3H2,1-2H3/t11-/m0/s1. The van der Waals surface area contributed by atoms with Gasteiger partial charge in [0.05, 0.1) is 12.3 Å². The van der Waals surface area contributed by atoms with Crippen LogP contribution in [0.25, 0.3) is 0 Å².